The van der Waals surface area contributed by atoms with Gasteiger partial charge in [0.15, 0.2) is 0 Å². The molecule has 0 aliphatic heterocycles. The molecule has 1 aromatic carbocycles. The second-order valence-corrected chi connectivity index (χ2v) is 5.39. The number of anilines is 2. The van der Waals surface area contributed by atoms with Gasteiger partial charge in [0.05, 0.1) is 5.56 Å². The summed E-state index contributed by atoms with van der Waals surface area (Å²) in [4.78, 5) is 22.6. The summed E-state index contributed by atoms with van der Waals surface area (Å²) in [7, 11) is 0. The number of carbonyl (C=O) groups is 2. The average Bonchev–Trinajstić information content (AvgIpc) is 2.80. The molecule has 1 aromatic heterocycles. The summed E-state index contributed by atoms with van der Waals surface area (Å²) in [5.74, 6) is -1.07. The van der Waals surface area contributed by atoms with E-state index in [1.165, 1.54) is 6.07 Å². The molecular formula is C12H9BrN2O3S. The second-order valence-electron chi connectivity index (χ2n) is 3.55. The van der Waals surface area contributed by atoms with Crippen LogP contribution in [0.4, 0.5) is 15.5 Å². The SMILES string of the molecule is O=C(Nc1ccc(Br)cc1)Nc1sccc1C(=O)O. The summed E-state index contributed by atoms with van der Waals surface area (Å²) in [6.07, 6.45) is 0. The molecule has 0 aliphatic carbocycles. The highest BCUT2D eigenvalue weighted by Gasteiger charge is 2.13. The fourth-order valence-electron chi connectivity index (χ4n) is 1.37. The van der Waals surface area contributed by atoms with Crippen molar-refractivity contribution in [3.63, 3.8) is 0 Å². The maximum atomic E-state index is 11.7. The number of carboxylic acids is 1. The lowest BCUT2D eigenvalue weighted by molar-refractivity contribution is 0.0698. The van der Waals surface area contributed by atoms with Crippen molar-refractivity contribution < 1.29 is 14.7 Å². The molecule has 0 saturated carbocycles. The largest absolute Gasteiger partial charge is 0.478 e. The van der Waals surface area contributed by atoms with E-state index >= 15 is 0 Å². The van der Waals surface area contributed by atoms with E-state index in [1.807, 2.05) is 0 Å². The molecule has 2 amide bonds. The Hall–Kier alpha value is -1.86. The number of carboxylic acid groups (broad SMARTS) is 1. The first-order valence-corrected chi connectivity index (χ1v) is 6.88. The number of nitrogens with one attached hydrogen (secondary N) is 2. The van der Waals surface area contributed by atoms with Gasteiger partial charge in [0.25, 0.3) is 0 Å². The van der Waals surface area contributed by atoms with E-state index in [0.29, 0.717) is 10.7 Å². The molecule has 0 bridgehead atoms. The standard InChI is InChI=1S/C12H9BrN2O3S/c13-7-1-3-8(4-2-7)14-12(18)15-10-9(11(16)17)5-6-19-10/h1-6H,(H,16,17)(H2,14,15,18). The molecule has 0 saturated heterocycles. The molecule has 0 radical (unpaired) electrons. The Balaban J connectivity index is 2.03. The third-order valence-electron chi connectivity index (χ3n) is 2.22. The van der Waals surface area contributed by atoms with Gasteiger partial charge in [-0.1, -0.05) is 15.9 Å². The van der Waals surface area contributed by atoms with Crippen LogP contribution in [0.25, 0.3) is 0 Å². The third kappa shape index (κ3) is 3.55. The molecule has 3 N–H and O–H groups in total. The number of thiophene rings is 1. The van der Waals surface area contributed by atoms with Crippen LogP contribution in [0, 0.1) is 0 Å². The molecule has 1 heterocycles. The van der Waals surface area contributed by atoms with Gasteiger partial charge in [-0.2, -0.15) is 0 Å². The van der Waals surface area contributed by atoms with Crippen molar-refractivity contribution in [2.75, 3.05) is 10.6 Å². The molecule has 0 spiro atoms. The highest BCUT2D eigenvalue weighted by atomic mass is 79.9. The molecule has 19 heavy (non-hydrogen) atoms. The van der Waals surface area contributed by atoms with Gasteiger partial charge < -0.3 is 10.4 Å². The fourth-order valence-corrected chi connectivity index (χ4v) is 2.41. The van der Waals surface area contributed by atoms with Crippen LogP contribution in [-0.4, -0.2) is 17.1 Å². The Kier molecular flexibility index (Phi) is 4.18. The minimum absolute atomic E-state index is 0.0796. The minimum atomic E-state index is -1.07. The van der Waals surface area contributed by atoms with Crippen LogP contribution < -0.4 is 10.6 Å². The molecule has 0 atom stereocenters. The lowest BCUT2D eigenvalue weighted by atomic mass is 10.3. The van der Waals surface area contributed by atoms with E-state index < -0.39 is 12.0 Å². The molecule has 5 nitrogen and oxygen atoms in total. The molecule has 7 heteroatoms. The minimum Gasteiger partial charge on any atom is -0.478 e. The van der Waals surface area contributed by atoms with Gasteiger partial charge in [0.2, 0.25) is 0 Å². The zero-order chi connectivity index (χ0) is 13.8. The average molecular weight is 341 g/mol. The van der Waals surface area contributed by atoms with Gasteiger partial charge >= 0.3 is 12.0 Å². The Morgan fingerprint density at radius 3 is 2.42 bits per heavy atom. The zero-order valence-corrected chi connectivity index (χ0v) is 11.9. The van der Waals surface area contributed by atoms with E-state index in [4.69, 9.17) is 5.11 Å². The van der Waals surface area contributed by atoms with Crippen molar-refractivity contribution >= 4 is 50.0 Å². The normalized spacial score (nSPS) is 9.95. The number of halogens is 1. The van der Waals surface area contributed by atoms with E-state index in [-0.39, 0.29) is 5.56 Å². The number of urea groups is 1. The van der Waals surface area contributed by atoms with Crippen molar-refractivity contribution in [3.8, 4) is 0 Å². The highest BCUT2D eigenvalue weighted by molar-refractivity contribution is 9.10. The smallest absolute Gasteiger partial charge is 0.338 e. The Morgan fingerprint density at radius 1 is 1.11 bits per heavy atom. The van der Waals surface area contributed by atoms with E-state index in [0.717, 1.165) is 15.8 Å². The molecule has 98 valence electrons. The summed E-state index contributed by atoms with van der Waals surface area (Å²) in [6, 6.07) is 8.02. The first-order chi connectivity index (χ1) is 9.06. The van der Waals surface area contributed by atoms with Gasteiger partial charge in [-0.05, 0) is 35.7 Å². The zero-order valence-electron chi connectivity index (χ0n) is 9.51. The monoisotopic (exact) mass is 340 g/mol. The number of carbonyl (C=O) groups excluding carboxylic acids is 1. The molecule has 0 fully saturated rings. The fraction of sp³-hybridized carbons (Fsp3) is 0. The maximum absolute atomic E-state index is 11.7. The van der Waals surface area contributed by atoms with Gasteiger partial charge in [-0.3, -0.25) is 5.32 Å². The van der Waals surface area contributed by atoms with E-state index in [2.05, 4.69) is 26.6 Å². The molecule has 0 unspecified atom stereocenters. The van der Waals surface area contributed by atoms with Crippen molar-refractivity contribution in [1.82, 2.24) is 0 Å². The maximum Gasteiger partial charge on any atom is 0.338 e. The van der Waals surface area contributed by atoms with Crippen LogP contribution in [-0.2, 0) is 0 Å². The summed E-state index contributed by atoms with van der Waals surface area (Å²) < 4.78 is 0.907. The van der Waals surface area contributed by atoms with E-state index in [9.17, 15) is 9.59 Å². The van der Waals surface area contributed by atoms with Crippen LogP contribution in [0.15, 0.2) is 40.2 Å². The molecule has 0 aliphatic rings. The number of rotatable bonds is 3. The predicted octanol–water partition coefficient (Wildman–Crippen LogP) is 3.85. The second kappa shape index (κ2) is 5.85. The van der Waals surface area contributed by atoms with Crippen molar-refractivity contribution in [3.05, 3.63) is 45.7 Å². The van der Waals surface area contributed by atoms with Gasteiger partial charge in [-0.25, -0.2) is 9.59 Å². The van der Waals surface area contributed by atoms with Crippen molar-refractivity contribution in [1.29, 1.82) is 0 Å². The number of hydrogen-bond acceptors (Lipinski definition) is 3. The van der Waals surface area contributed by atoms with Gasteiger partial charge in [0.1, 0.15) is 5.00 Å². The van der Waals surface area contributed by atoms with Crippen molar-refractivity contribution in [2.24, 2.45) is 0 Å². The van der Waals surface area contributed by atoms with Crippen LogP contribution in [0.2, 0.25) is 0 Å². The lowest BCUT2D eigenvalue weighted by Gasteiger charge is -2.06. The summed E-state index contributed by atoms with van der Waals surface area (Å²) in [5.41, 5.74) is 0.699. The molecule has 2 rings (SSSR count). The van der Waals surface area contributed by atoms with Gasteiger partial charge in [0, 0.05) is 10.2 Å². The quantitative estimate of drug-likeness (QED) is 0.793. The van der Waals surface area contributed by atoms with Crippen LogP contribution in [0.3, 0.4) is 0 Å². The van der Waals surface area contributed by atoms with Crippen molar-refractivity contribution in [2.45, 2.75) is 0 Å². The number of benzene rings is 1. The van der Waals surface area contributed by atoms with Crippen LogP contribution in [0.5, 0.6) is 0 Å². The highest BCUT2D eigenvalue weighted by Crippen LogP contribution is 2.23. The van der Waals surface area contributed by atoms with Gasteiger partial charge in [-0.15, -0.1) is 11.3 Å². The Morgan fingerprint density at radius 2 is 1.79 bits per heavy atom. The lowest BCUT2D eigenvalue weighted by Crippen LogP contribution is -2.19. The number of amides is 2. The first-order valence-electron chi connectivity index (χ1n) is 5.20. The Bertz CT molecular complexity index is 610. The molecular weight excluding hydrogens is 332 g/mol. The van der Waals surface area contributed by atoms with Crippen LogP contribution in [0.1, 0.15) is 10.4 Å². The first kappa shape index (κ1) is 13.6. The molecule has 2 aromatic rings. The predicted molar refractivity (Wildman–Crippen MR) is 78.1 cm³/mol. The van der Waals surface area contributed by atoms with Crippen LogP contribution >= 0.6 is 27.3 Å². The summed E-state index contributed by atoms with van der Waals surface area (Å²) in [5, 5.41) is 16.0. The topological polar surface area (TPSA) is 78.4 Å². The number of aromatic carboxylic acids is 1. The summed E-state index contributed by atoms with van der Waals surface area (Å²) >= 11 is 4.45. The third-order valence-corrected chi connectivity index (χ3v) is 3.58. The summed E-state index contributed by atoms with van der Waals surface area (Å²) in [6.45, 7) is 0. The Labute approximate surface area is 121 Å². The number of hydrogen-bond donors (Lipinski definition) is 3. The van der Waals surface area contributed by atoms with E-state index in [1.54, 1.807) is 29.6 Å².